The van der Waals surface area contributed by atoms with Crippen molar-refractivity contribution in [2.24, 2.45) is 0 Å². The molecule has 5 N–H and O–H groups in total. The number of hydrogen-bond donors (Lipinski definition) is 3. The molecule has 2 aromatic heterocycles. The Bertz CT molecular complexity index is 1080. The van der Waals surface area contributed by atoms with Gasteiger partial charge in [-0.05, 0) is 40.0 Å². The average molecular weight is 409 g/mol. The Balaban J connectivity index is 2.05. The number of piperidine rings is 1. The van der Waals surface area contributed by atoms with Gasteiger partial charge >= 0.3 is 0 Å². The highest BCUT2D eigenvalue weighted by molar-refractivity contribution is 6.13. The SMILES string of the molecule is CC(C)(C)N1C(=O)Cc2c1nc(N)c1c(N)nc(N3CCCC[C@H]3CO)c(C#N)c21. The third-order valence-electron chi connectivity index (χ3n) is 5.94. The first-order valence-corrected chi connectivity index (χ1v) is 10.2. The molecule has 2 aliphatic heterocycles. The van der Waals surface area contributed by atoms with Crippen LogP contribution in [-0.2, 0) is 11.2 Å². The number of aromatic nitrogens is 2. The molecule has 1 saturated heterocycles. The molecule has 4 heterocycles. The lowest BCUT2D eigenvalue weighted by Crippen LogP contribution is -2.44. The molecule has 1 fully saturated rings. The van der Waals surface area contributed by atoms with E-state index in [-0.39, 0.29) is 36.6 Å². The van der Waals surface area contributed by atoms with Crippen molar-refractivity contribution < 1.29 is 9.90 Å². The van der Waals surface area contributed by atoms with Gasteiger partial charge in [-0.3, -0.25) is 9.69 Å². The molecule has 2 aromatic rings. The number of nitrogens with two attached hydrogens (primary N) is 2. The minimum absolute atomic E-state index is 0.0304. The van der Waals surface area contributed by atoms with Gasteiger partial charge in [0.2, 0.25) is 5.91 Å². The van der Waals surface area contributed by atoms with Crippen molar-refractivity contribution in [2.75, 3.05) is 34.4 Å². The fraction of sp³-hybridized carbons (Fsp3) is 0.524. The van der Waals surface area contributed by atoms with E-state index in [0.29, 0.717) is 40.1 Å². The van der Waals surface area contributed by atoms with Crippen LogP contribution in [0, 0.1) is 11.3 Å². The lowest BCUT2D eigenvalue weighted by Gasteiger charge is -2.36. The zero-order chi connectivity index (χ0) is 21.8. The number of carbonyl (C=O) groups is 1. The van der Waals surface area contributed by atoms with Crippen LogP contribution in [0.1, 0.15) is 51.2 Å². The number of amides is 1. The van der Waals surface area contributed by atoms with E-state index >= 15 is 0 Å². The second kappa shape index (κ2) is 6.99. The number of anilines is 4. The second-order valence-electron chi connectivity index (χ2n) is 8.96. The standard InChI is InChI=1S/C21H27N7O2/c1-21(2,3)28-14(30)8-12-15-13(9-22)19(27-7-5-4-6-11(27)10-29)25-17(23)16(15)18(24)26-20(12)28/h11,29H,4-8,10H2,1-3H3,(H2,23,25)(H2,24,26)/t11-/m0/s1. The predicted octanol–water partition coefficient (Wildman–Crippen LogP) is 1.70. The molecule has 1 atom stereocenters. The van der Waals surface area contributed by atoms with Crippen molar-refractivity contribution in [3.63, 3.8) is 0 Å². The smallest absolute Gasteiger partial charge is 0.233 e. The first-order chi connectivity index (χ1) is 14.2. The van der Waals surface area contributed by atoms with E-state index < -0.39 is 5.54 Å². The molecule has 0 spiro atoms. The molecule has 0 bridgehead atoms. The summed E-state index contributed by atoms with van der Waals surface area (Å²) in [5.74, 6) is 1.15. The number of fused-ring (bicyclic) bond motifs is 3. The highest BCUT2D eigenvalue weighted by atomic mass is 16.3. The van der Waals surface area contributed by atoms with Crippen LogP contribution in [0.2, 0.25) is 0 Å². The number of rotatable bonds is 2. The molecule has 1 amide bonds. The van der Waals surface area contributed by atoms with Crippen molar-refractivity contribution >= 4 is 40.0 Å². The van der Waals surface area contributed by atoms with E-state index in [0.717, 1.165) is 19.3 Å². The molecule has 4 rings (SSSR count). The van der Waals surface area contributed by atoms with E-state index in [1.165, 1.54) is 0 Å². The van der Waals surface area contributed by atoms with Crippen molar-refractivity contribution in [2.45, 2.75) is 58.0 Å². The quantitative estimate of drug-likeness (QED) is 0.679. The van der Waals surface area contributed by atoms with Gasteiger partial charge in [-0.1, -0.05) is 0 Å². The Morgan fingerprint density at radius 3 is 2.43 bits per heavy atom. The van der Waals surface area contributed by atoms with E-state index in [1.54, 1.807) is 4.90 Å². The van der Waals surface area contributed by atoms with E-state index in [9.17, 15) is 15.2 Å². The monoisotopic (exact) mass is 409 g/mol. The number of carbonyl (C=O) groups excluding carboxylic acids is 1. The number of nitrogens with zero attached hydrogens (tertiary/aromatic N) is 5. The van der Waals surface area contributed by atoms with Crippen LogP contribution in [0.5, 0.6) is 0 Å². The van der Waals surface area contributed by atoms with Gasteiger partial charge < -0.3 is 21.5 Å². The first-order valence-electron chi connectivity index (χ1n) is 10.2. The molecule has 0 aliphatic carbocycles. The Morgan fingerprint density at radius 2 is 1.83 bits per heavy atom. The molecule has 9 nitrogen and oxygen atoms in total. The molecular weight excluding hydrogens is 382 g/mol. The molecule has 0 aromatic carbocycles. The number of hydrogen-bond acceptors (Lipinski definition) is 8. The fourth-order valence-corrected chi connectivity index (χ4v) is 4.68. The van der Waals surface area contributed by atoms with Gasteiger partial charge in [0.1, 0.15) is 34.9 Å². The molecule has 0 radical (unpaired) electrons. The third kappa shape index (κ3) is 2.91. The molecule has 9 heteroatoms. The summed E-state index contributed by atoms with van der Waals surface area (Å²) in [7, 11) is 0. The van der Waals surface area contributed by atoms with Crippen LogP contribution < -0.4 is 21.3 Å². The Kier molecular flexibility index (Phi) is 4.70. The average Bonchev–Trinajstić information content (AvgIpc) is 3.03. The number of nitriles is 1. The highest BCUT2D eigenvalue weighted by Crippen LogP contribution is 2.44. The fourth-order valence-electron chi connectivity index (χ4n) is 4.68. The van der Waals surface area contributed by atoms with Gasteiger partial charge in [0, 0.05) is 23.0 Å². The minimum Gasteiger partial charge on any atom is -0.394 e. The zero-order valence-electron chi connectivity index (χ0n) is 17.6. The van der Waals surface area contributed by atoms with Crippen molar-refractivity contribution in [1.29, 1.82) is 5.26 Å². The third-order valence-corrected chi connectivity index (χ3v) is 5.94. The van der Waals surface area contributed by atoms with Crippen LogP contribution in [0.4, 0.5) is 23.3 Å². The van der Waals surface area contributed by atoms with Gasteiger partial charge in [0.25, 0.3) is 0 Å². The molecule has 30 heavy (non-hydrogen) atoms. The number of nitrogen functional groups attached to an aromatic ring is 2. The summed E-state index contributed by atoms with van der Waals surface area (Å²) in [5.41, 5.74) is 13.0. The molecule has 158 valence electrons. The predicted molar refractivity (Wildman–Crippen MR) is 116 cm³/mol. The molecule has 0 saturated carbocycles. The zero-order valence-corrected chi connectivity index (χ0v) is 17.6. The maximum absolute atomic E-state index is 12.9. The molecule has 0 unspecified atom stereocenters. The Labute approximate surface area is 175 Å². The Hall–Kier alpha value is -3.12. The first kappa shape index (κ1) is 20.2. The normalized spacial score (nSPS) is 19.3. The minimum atomic E-state index is -0.488. The maximum Gasteiger partial charge on any atom is 0.233 e. The largest absolute Gasteiger partial charge is 0.394 e. The van der Waals surface area contributed by atoms with Gasteiger partial charge in [-0.25, -0.2) is 9.97 Å². The lowest BCUT2D eigenvalue weighted by atomic mass is 9.97. The van der Waals surface area contributed by atoms with Gasteiger partial charge in [0.15, 0.2) is 0 Å². The van der Waals surface area contributed by atoms with Gasteiger partial charge in [-0.15, -0.1) is 0 Å². The molecular formula is C21H27N7O2. The summed E-state index contributed by atoms with van der Waals surface area (Å²) in [4.78, 5) is 25.5. The summed E-state index contributed by atoms with van der Waals surface area (Å²) in [6, 6.07) is 2.15. The summed E-state index contributed by atoms with van der Waals surface area (Å²) in [6.07, 6.45) is 2.88. The topological polar surface area (TPSA) is 145 Å². The highest BCUT2D eigenvalue weighted by Gasteiger charge is 2.40. The summed E-state index contributed by atoms with van der Waals surface area (Å²) >= 11 is 0. The number of aliphatic hydroxyl groups is 1. The van der Waals surface area contributed by atoms with Crippen molar-refractivity contribution in [3.05, 3.63) is 11.1 Å². The van der Waals surface area contributed by atoms with Crippen LogP contribution in [0.3, 0.4) is 0 Å². The van der Waals surface area contributed by atoms with Crippen molar-refractivity contribution in [3.8, 4) is 6.07 Å². The van der Waals surface area contributed by atoms with Gasteiger partial charge in [0.05, 0.1) is 24.5 Å². The number of aliphatic hydroxyl groups excluding tert-OH is 1. The second-order valence-corrected chi connectivity index (χ2v) is 8.96. The van der Waals surface area contributed by atoms with Gasteiger partial charge in [-0.2, -0.15) is 5.26 Å². The van der Waals surface area contributed by atoms with Crippen molar-refractivity contribution in [1.82, 2.24) is 9.97 Å². The Morgan fingerprint density at radius 1 is 1.17 bits per heavy atom. The maximum atomic E-state index is 12.9. The van der Waals surface area contributed by atoms with Crippen LogP contribution >= 0.6 is 0 Å². The van der Waals surface area contributed by atoms with E-state index in [4.69, 9.17) is 11.5 Å². The summed E-state index contributed by atoms with van der Waals surface area (Å²) < 4.78 is 0. The summed E-state index contributed by atoms with van der Waals surface area (Å²) in [6.45, 7) is 6.43. The molecule has 2 aliphatic rings. The van der Waals surface area contributed by atoms with Crippen LogP contribution in [0.25, 0.3) is 10.8 Å². The lowest BCUT2D eigenvalue weighted by molar-refractivity contribution is -0.118. The summed E-state index contributed by atoms with van der Waals surface area (Å²) in [5, 5.41) is 21.0. The van der Waals surface area contributed by atoms with Crippen LogP contribution in [-0.4, -0.2) is 45.7 Å². The van der Waals surface area contributed by atoms with E-state index in [1.807, 2.05) is 25.7 Å². The van der Waals surface area contributed by atoms with E-state index in [2.05, 4.69) is 16.0 Å². The van der Waals surface area contributed by atoms with Crippen LogP contribution in [0.15, 0.2) is 0 Å². The number of pyridine rings is 2.